The lowest BCUT2D eigenvalue weighted by atomic mass is 10.0. The summed E-state index contributed by atoms with van der Waals surface area (Å²) in [6.45, 7) is 2.10. The predicted octanol–water partition coefficient (Wildman–Crippen LogP) is 3.73. The minimum atomic E-state index is 0.195. The maximum Gasteiger partial charge on any atom is 0.166 e. The minimum absolute atomic E-state index is 0.195. The quantitative estimate of drug-likeness (QED) is 0.755. The number of halogens is 1. The summed E-state index contributed by atoms with van der Waals surface area (Å²) in [4.78, 5) is 16.3. The molecule has 2 atom stereocenters. The third kappa shape index (κ3) is 1.83. The van der Waals surface area contributed by atoms with Crippen molar-refractivity contribution in [2.75, 3.05) is 0 Å². The van der Waals surface area contributed by atoms with Gasteiger partial charge in [0.2, 0.25) is 0 Å². The molecule has 1 aliphatic rings. The first-order chi connectivity index (χ1) is 8.16. The predicted molar refractivity (Wildman–Crippen MR) is 68.4 cm³/mol. The molecule has 2 aromatic rings. The van der Waals surface area contributed by atoms with Gasteiger partial charge in [0.1, 0.15) is 0 Å². The van der Waals surface area contributed by atoms with Crippen LogP contribution in [-0.2, 0) is 0 Å². The smallest absolute Gasteiger partial charge is 0.166 e. The van der Waals surface area contributed by atoms with E-state index >= 15 is 0 Å². The number of fused-ring (bicyclic) bond motifs is 1. The Hall–Kier alpha value is -1.41. The molecular formula is C14H12ClNO. The number of nitrogens with zero attached hydrogens (tertiary/aromatic N) is 1. The molecule has 1 heterocycles. The highest BCUT2D eigenvalue weighted by Crippen LogP contribution is 2.41. The van der Waals surface area contributed by atoms with E-state index in [1.807, 2.05) is 18.2 Å². The van der Waals surface area contributed by atoms with Crippen LogP contribution in [0.2, 0.25) is 5.02 Å². The number of carbonyl (C=O) groups excluding carboxylic acids is 1. The molecule has 1 saturated carbocycles. The van der Waals surface area contributed by atoms with Crippen molar-refractivity contribution in [3.8, 4) is 0 Å². The van der Waals surface area contributed by atoms with Gasteiger partial charge in [0.25, 0.3) is 0 Å². The van der Waals surface area contributed by atoms with Crippen molar-refractivity contribution >= 4 is 28.3 Å². The highest BCUT2D eigenvalue weighted by molar-refractivity contribution is 6.35. The van der Waals surface area contributed by atoms with Crippen LogP contribution in [0.1, 0.15) is 23.7 Å². The Morgan fingerprint density at radius 2 is 2.24 bits per heavy atom. The van der Waals surface area contributed by atoms with Gasteiger partial charge < -0.3 is 0 Å². The molecule has 2 nitrogen and oxygen atoms in total. The van der Waals surface area contributed by atoms with Crippen molar-refractivity contribution in [1.82, 2.24) is 4.98 Å². The summed E-state index contributed by atoms with van der Waals surface area (Å²) in [5.41, 5.74) is 1.47. The largest absolute Gasteiger partial charge is 0.294 e. The first kappa shape index (κ1) is 10.7. The molecule has 0 bridgehead atoms. The number of rotatable bonds is 2. The molecular weight excluding hydrogens is 234 g/mol. The van der Waals surface area contributed by atoms with Gasteiger partial charge in [-0.25, -0.2) is 0 Å². The molecule has 0 spiro atoms. The summed E-state index contributed by atoms with van der Waals surface area (Å²) in [7, 11) is 0. The number of pyridine rings is 1. The van der Waals surface area contributed by atoms with Gasteiger partial charge in [-0.2, -0.15) is 0 Å². The average molecular weight is 246 g/mol. The number of carbonyl (C=O) groups is 1. The number of Topliss-reactive ketones (excluding diaryl/α,β-unsaturated/α-hetero) is 1. The van der Waals surface area contributed by atoms with E-state index in [4.69, 9.17) is 11.6 Å². The zero-order valence-electron chi connectivity index (χ0n) is 9.48. The lowest BCUT2D eigenvalue weighted by molar-refractivity contribution is 0.0962. The zero-order chi connectivity index (χ0) is 12.0. The van der Waals surface area contributed by atoms with E-state index in [-0.39, 0.29) is 11.7 Å². The fourth-order valence-corrected chi connectivity index (χ4v) is 2.47. The van der Waals surface area contributed by atoms with E-state index in [0.717, 1.165) is 17.3 Å². The number of aromatic nitrogens is 1. The number of hydrogen-bond acceptors (Lipinski definition) is 2. The Kier molecular flexibility index (Phi) is 2.40. The van der Waals surface area contributed by atoms with Crippen LogP contribution in [-0.4, -0.2) is 10.8 Å². The average Bonchev–Trinajstić information content (AvgIpc) is 3.05. The first-order valence-electron chi connectivity index (χ1n) is 5.75. The van der Waals surface area contributed by atoms with Gasteiger partial charge in [0, 0.05) is 23.1 Å². The van der Waals surface area contributed by atoms with E-state index in [1.165, 1.54) is 0 Å². The molecule has 0 aliphatic heterocycles. The van der Waals surface area contributed by atoms with Crippen molar-refractivity contribution in [3.63, 3.8) is 0 Å². The fourth-order valence-electron chi connectivity index (χ4n) is 2.19. The Morgan fingerprint density at radius 1 is 1.47 bits per heavy atom. The molecule has 1 aliphatic carbocycles. The molecule has 1 aromatic carbocycles. The first-order valence-corrected chi connectivity index (χ1v) is 6.13. The summed E-state index contributed by atoms with van der Waals surface area (Å²) in [6.07, 6.45) is 2.71. The molecule has 3 rings (SSSR count). The third-order valence-corrected chi connectivity index (χ3v) is 3.68. The standard InChI is InChI=1S/C14H12ClNO/c1-8-5-11(8)14(17)10-6-9-3-2-4-16-13(9)12(15)7-10/h2-4,6-8,11H,5H2,1H3/t8?,11-/m0/s1. The molecule has 17 heavy (non-hydrogen) atoms. The van der Waals surface area contributed by atoms with Gasteiger partial charge in [0.05, 0.1) is 10.5 Å². The Morgan fingerprint density at radius 3 is 2.94 bits per heavy atom. The van der Waals surface area contributed by atoms with Crippen molar-refractivity contribution < 1.29 is 4.79 Å². The van der Waals surface area contributed by atoms with Gasteiger partial charge in [-0.3, -0.25) is 9.78 Å². The maximum atomic E-state index is 12.1. The lowest BCUT2D eigenvalue weighted by Crippen LogP contribution is -2.03. The van der Waals surface area contributed by atoms with E-state index in [2.05, 4.69) is 11.9 Å². The van der Waals surface area contributed by atoms with Crippen molar-refractivity contribution in [1.29, 1.82) is 0 Å². The van der Waals surface area contributed by atoms with Gasteiger partial charge in [-0.15, -0.1) is 0 Å². The number of ketones is 1. The zero-order valence-corrected chi connectivity index (χ0v) is 10.2. The van der Waals surface area contributed by atoms with Crippen molar-refractivity contribution in [2.24, 2.45) is 11.8 Å². The van der Waals surface area contributed by atoms with Crippen LogP contribution >= 0.6 is 11.6 Å². The lowest BCUT2D eigenvalue weighted by Gasteiger charge is -2.04. The van der Waals surface area contributed by atoms with E-state index < -0.39 is 0 Å². The van der Waals surface area contributed by atoms with Crippen LogP contribution in [0.3, 0.4) is 0 Å². The summed E-state index contributed by atoms with van der Waals surface area (Å²) < 4.78 is 0. The van der Waals surface area contributed by atoms with Crippen LogP contribution in [0, 0.1) is 11.8 Å². The fraction of sp³-hybridized carbons (Fsp3) is 0.286. The van der Waals surface area contributed by atoms with E-state index in [9.17, 15) is 4.79 Å². The Balaban J connectivity index is 2.09. The highest BCUT2D eigenvalue weighted by Gasteiger charge is 2.39. The second kappa shape index (κ2) is 3.81. The topological polar surface area (TPSA) is 30.0 Å². The van der Waals surface area contributed by atoms with Crippen molar-refractivity contribution in [2.45, 2.75) is 13.3 Å². The summed E-state index contributed by atoms with van der Waals surface area (Å²) in [6, 6.07) is 7.42. The monoisotopic (exact) mass is 245 g/mol. The molecule has 1 aromatic heterocycles. The third-order valence-electron chi connectivity index (χ3n) is 3.39. The summed E-state index contributed by atoms with van der Waals surface area (Å²) in [5.74, 6) is 0.927. The van der Waals surface area contributed by atoms with Crippen molar-refractivity contribution in [3.05, 3.63) is 41.0 Å². The normalized spacial score (nSPS) is 22.7. The SMILES string of the molecule is CC1C[C@@H]1C(=O)c1cc(Cl)c2ncccc2c1. The Labute approximate surface area is 105 Å². The highest BCUT2D eigenvalue weighted by atomic mass is 35.5. The minimum Gasteiger partial charge on any atom is -0.294 e. The second-order valence-electron chi connectivity index (χ2n) is 4.72. The van der Waals surface area contributed by atoms with Gasteiger partial charge in [-0.05, 0) is 30.5 Å². The maximum absolute atomic E-state index is 12.1. The van der Waals surface area contributed by atoms with Crippen LogP contribution < -0.4 is 0 Å². The van der Waals surface area contributed by atoms with E-state index in [0.29, 0.717) is 16.5 Å². The molecule has 1 fully saturated rings. The van der Waals surface area contributed by atoms with Crippen LogP contribution in [0.15, 0.2) is 30.5 Å². The second-order valence-corrected chi connectivity index (χ2v) is 5.12. The van der Waals surface area contributed by atoms with Crippen LogP contribution in [0.5, 0.6) is 0 Å². The van der Waals surface area contributed by atoms with Crippen LogP contribution in [0.4, 0.5) is 0 Å². The molecule has 0 N–H and O–H groups in total. The van der Waals surface area contributed by atoms with E-state index in [1.54, 1.807) is 12.3 Å². The van der Waals surface area contributed by atoms with Gasteiger partial charge in [0.15, 0.2) is 5.78 Å². The molecule has 0 radical (unpaired) electrons. The molecule has 86 valence electrons. The van der Waals surface area contributed by atoms with Gasteiger partial charge in [-0.1, -0.05) is 24.6 Å². The molecule has 0 saturated heterocycles. The summed E-state index contributed by atoms with van der Waals surface area (Å²) >= 11 is 6.15. The number of hydrogen-bond donors (Lipinski definition) is 0. The Bertz CT molecular complexity index is 608. The van der Waals surface area contributed by atoms with Gasteiger partial charge >= 0.3 is 0 Å². The number of benzene rings is 1. The summed E-state index contributed by atoms with van der Waals surface area (Å²) in [5, 5.41) is 1.48. The molecule has 1 unspecified atom stereocenters. The molecule has 3 heteroatoms. The molecule has 0 amide bonds. The van der Waals surface area contributed by atoms with Crippen LogP contribution in [0.25, 0.3) is 10.9 Å².